The van der Waals surface area contributed by atoms with Gasteiger partial charge in [0.1, 0.15) is 17.3 Å². The van der Waals surface area contributed by atoms with Gasteiger partial charge in [-0.1, -0.05) is 6.92 Å². The molecule has 1 aromatic heterocycles. The average Bonchev–Trinajstić information content (AvgIpc) is 2.72. The van der Waals surface area contributed by atoms with Crippen molar-refractivity contribution in [1.29, 1.82) is 0 Å². The van der Waals surface area contributed by atoms with E-state index in [9.17, 15) is 8.42 Å². The summed E-state index contributed by atoms with van der Waals surface area (Å²) in [6.07, 6.45) is 0. The largest absolute Gasteiger partial charge is 0.450 e. The number of rotatable bonds is 7. The van der Waals surface area contributed by atoms with Crippen LogP contribution in [0.4, 0.5) is 0 Å². The lowest BCUT2D eigenvalue weighted by Crippen LogP contribution is -2.40. The van der Waals surface area contributed by atoms with Crippen molar-refractivity contribution in [3.63, 3.8) is 0 Å². The zero-order chi connectivity index (χ0) is 14.6. The molecule has 1 unspecified atom stereocenters. The van der Waals surface area contributed by atoms with Crippen LogP contribution in [0, 0.1) is 0 Å². The summed E-state index contributed by atoms with van der Waals surface area (Å²) in [7, 11) is -2.17. The molecule has 0 aliphatic carbocycles. The van der Waals surface area contributed by atoms with E-state index in [0.717, 1.165) is 0 Å². The molecule has 1 atom stereocenters. The van der Waals surface area contributed by atoms with Crippen LogP contribution in [0.15, 0.2) is 20.0 Å². The second-order valence-corrected chi connectivity index (χ2v) is 6.60. The number of aliphatic hydroxyl groups excluding tert-OH is 1. The first-order valence-electron chi connectivity index (χ1n) is 5.78. The number of halogens is 1. The van der Waals surface area contributed by atoms with Crippen LogP contribution >= 0.6 is 15.9 Å². The number of aliphatic hydroxyl groups is 1. The number of sulfonamides is 1. The summed E-state index contributed by atoms with van der Waals surface area (Å²) < 4.78 is 36.6. The van der Waals surface area contributed by atoms with Gasteiger partial charge in [-0.15, -0.1) is 0 Å². The first-order chi connectivity index (χ1) is 8.88. The molecule has 0 spiro atoms. The van der Waals surface area contributed by atoms with Crippen LogP contribution in [-0.2, 0) is 21.4 Å². The monoisotopic (exact) mass is 355 g/mol. The van der Waals surface area contributed by atoms with Gasteiger partial charge in [0.05, 0.1) is 6.61 Å². The first-order valence-corrected chi connectivity index (χ1v) is 8.01. The van der Waals surface area contributed by atoms with Gasteiger partial charge in [-0.3, -0.25) is 0 Å². The minimum Gasteiger partial charge on any atom is -0.450 e. The normalized spacial score (nSPS) is 14.0. The van der Waals surface area contributed by atoms with E-state index >= 15 is 0 Å². The molecule has 19 heavy (non-hydrogen) atoms. The van der Waals surface area contributed by atoms with Crippen molar-refractivity contribution in [3.8, 4) is 0 Å². The van der Waals surface area contributed by atoms with Crippen molar-refractivity contribution in [1.82, 2.24) is 4.31 Å². The maximum Gasteiger partial charge on any atom is 0.247 e. The standard InChI is InChI=1S/C11H18BrNO5S/c1-4-13(8(2)7-17-3)19(15,16)10-5-9(6-14)18-11(10)12/h5,8,14H,4,6-7H2,1-3H3. The Bertz CT molecular complexity index is 513. The van der Waals surface area contributed by atoms with E-state index in [4.69, 9.17) is 14.3 Å². The van der Waals surface area contributed by atoms with Gasteiger partial charge in [0, 0.05) is 25.8 Å². The zero-order valence-corrected chi connectivity index (χ0v) is 13.5. The Morgan fingerprint density at radius 1 is 1.58 bits per heavy atom. The van der Waals surface area contributed by atoms with Crippen molar-refractivity contribution in [2.75, 3.05) is 20.3 Å². The molecule has 110 valence electrons. The lowest BCUT2D eigenvalue weighted by Gasteiger charge is -2.26. The molecular weight excluding hydrogens is 338 g/mol. The predicted octanol–water partition coefficient (Wildman–Crippen LogP) is 1.58. The van der Waals surface area contributed by atoms with Crippen molar-refractivity contribution in [2.24, 2.45) is 0 Å². The Balaban J connectivity index is 3.16. The Kier molecular flexibility index (Phi) is 6.00. The number of methoxy groups -OCH3 is 1. The highest BCUT2D eigenvalue weighted by molar-refractivity contribution is 9.10. The van der Waals surface area contributed by atoms with Crippen LogP contribution in [0.3, 0.4) is 0 Å². The third-order valence-electron chi connectivity index (χ3n) is 2.66. The highest BCUT2D eigenvalue weighted by Gasteiger charge is 2.31. The number of hydrogen-bond acceptors (Lipinski definition) is 5. The van der Waals surface area contributed by atoms with Gasteiger partial charge in [-0.05, 0) is 22.9 Å². The number of hydrogen-bond donors (Lipinski definition) is 1. The van der Waals surface area contributed by atoms with E-state index in [0.29, 0.717) is 13.2 Å². The number of likely N-dealkylation sites (N-methyl/N-ethyl adjacent to an activating group) is 1. The van der Waals surface area contributed by atoms with E-state index in [1.165, 1.54) is 17.5 Å². The molecule has 0 amide bonds. The topological polar surface area (TPSA) is 80.0 Å². The molecule has 0 saturated heterocycles. The first kappa shape index (κ1) is 16.6. The molecule has 0 aromatic carbocycles. The Morgan fingerprint density at radius 2 is 2.21 bits per heavy atom. The van der Waals surface area contributed by atoms with E-state index in [-0.39, 0.29) is 28.0 Å². The second-order valence-electron chi connectivity index (χ2n) is 4.02. The number of furan rings is 1. The van der Waals surface area contributed by atoms with Gasteiger partial charge in [0.25, 0.3) is 0 Å². The van der Waals surface area contributed by atoms with Crippen LogP contribution in [0.2, 0.25) is 0 Å². The molecule has 6 nitrogen and oxygen atoms in total. The van der Waals surface area contributed by atoms with Gasteiger partial charge >= 0.3 is 0 Å². The maximum absolute atomic E-state index is 12.5. The fourth-order valence-electron chi connectivity index (χ4n) is 1.82. The van der Waals surface area contributed by atoms with Crippen molar-refractivity contribution in [3.05, 3.63) is 16.5 Å². The quantitative estimate of drug-likeness (QED) is 0.802. The average molecular weight is 356 g/mol. The Labute approximate surface area is 121 Å². The molecule has 1 heterocycles. The van der Waals surface area contributed by atoms with Crippen LogP contribution < -0.4 is 0 Å². The van der Waals surface area contributed by atoms with Crippen LogP contribution in [0.1, 0.15) is 19.6 Å². The summed E-state index contributed by atoms with van der Waals surface area (Å²) in [6.45, 7) is 3.79. The smallest absolute Gasteiger partial charge is 0.247 e. The molecule has 1 rings (SSSR count). The molecule has 0 fully saturated rings. The van der Waals surface area contributed by atoms with Gasteiger partial charge in [-0.25, -0.2) is 8.42 Å². The second kappa shape index (κ2) is 6.85. The highest BCUT2D eigenvalue weighted by Crippen LogP contribution is 2.29. The molecule has 0 aliphatic rings. The summed E-state index contributed by atoms with van der Waals surface area (Å²) in [5.41, 5.74) is 0. The predicted molar refractivity (Wildman–Crippen MR) is 73.2 cm³/mol. The summed E-state index contributed by atoms with van der Waals surface area (Å²) in [4.78, 5) is 0.0151. The molecule has 0 aliphatic heterocycles. The van der Waals surface area contributed by atoms with E-state index < -0.39 is 10.0 Å². The van der Waals surface area contributed by atoms with Crippen molar-refractivity contribution < 1.29 is 22.7 Å². The molecule has 8 heteroatoms. The van der Waals surface area contributed by atoms with Gasteiger partial charge in [-0.2, -0.15) is 4.31 Å². The summed E-state index contributed by atoms with van der Waals surface area (Å²) in [5.74, 6) is 0.195. The third-order valence-corrected chi connectivity index (χ3v) is 5.61. The molecule has 0 radical (unpaired) electrons. The Morgan fingerprint density at radius 3 is 2.63 bits per heavy atom. The van der Waals surface area contributed by atoms with Gasteiger partial charge < -0.3 is 14.3 Å². The van der Waals surface area contributed by atoms with E-state index in [2.05, 4.69) is 15.9 Å². The fourth-order valence-corrected chi connectivity index (χ4v) is 4.41. The van der Waals surface area contributed by atoms with Crippen LogP contribution in [0.25, 0.3) is 0 Å². The number of ether oxygens (including phenoxy) is 1. The van der Waals surface area contributed by atoms with Crippen LogP contribution in [0.5, 0.6) is 0 Å². The molecule has 0 saturated carbocycles. The highest BCUT2D eigenvalue weighted by atomic mass is 79.9. The molecular formula is C11H18BrNO5S. The van der Waals surface area contributed by atoms with Crippen LogP contribution in [-0.4, -0.2) is 44.1 Å². The molecule has 1 aromatic rings. The van der Waals surface area contributed by atoms with Crippen molar-refractivity contribution in [2.45, 2.75) is 31.4 Å². The SMILES string of the molecule is CCN(C(C)COC)S(=O)(=O)c1cc(CO)oc1Br. The van der Waals surface area contributed by atoms with Gasteiger partial charge in [0.2, 0.25) is 10.0 Å². The minimum atomic E-state index is -3.69. The number of nitrogens with zero attached hydrogens (tertiary/aromatic N) is 1. The lowest BCUT2D eigenvalue weighted by atomic mass is 10.4. The third kappa shape index (κ3) is 3.57. The minimum absolute atomic E-state index is 0.0151. The lowest BCUT2D eigenvalue weighted by molar-refractivity contribution is 0.142. The van der Waals surface area contributed by atoms with E-state index in [1.807, 2.05) is 0 Å². The summed E-state index contributed by atoms with van der Waals surface area (Å²) >= 11 is 3.06. The summed E-state index contributed by atoms with van der Waals surface area (Å²) in [6, 6.07) is 1.03. The van der Waals surface area contributed by atoms with E-state index in [1.54, 1.807) is 13.8 Å². The maximum atomic E-state index is 12.5. The van der Waals surface area contributed by atoms with Gasteiger partial charge in [0.15, 0.2) is 4.67 Å². The Hall–Kier alpha value is -0.410. The summed E-state index contributed by atoms with van der Waals surface area (Å²) in [5, 5.41) is 8.99. The molecule has 1 N–H and O–H groups in total. The van der Waals surface area contributed by atoms with Crippen molar-refractivity contribution >= 4 is 26.0 Å². The molecule has 0 bridgehead atoms. The fraction of sp³-hybridized carbons (Fsp3) is 0.636. The zero-order valence-electron chi connectivity index (χ0n) is 11.1.